The maximum absolute atomic E-state index is 11.6. The zero-order valence-corrected chi connectivity index (χ0v) is 10.6. The lowest BCUT2D eigenvalue weighted by Gasteiger charge is -2.16. The van der Waals surface area contributed by atoms with E-state index in [4.69, 9.17) is 11.5 Å². The second kappa shape index (κ2) is 5.90. The minimum atomic E-state index is -0.532. The predicted molar refractivity (Wildman–Crippen MR) is 71.2 cm³/mol. The van der Waals surface area contributed by atoms with Crippen molar-refractivity contribution >= 4 is 23.2 Å². The molecule has 0 aromatic heterocycles. The molecule has 0 heterocycles. The van der Waals surface area contributed by atoms with Crippen molar-refractivity contribution in [2.24, 2.45) is 5.73 Å². The third-order valence-corrected chi connectivity index (χ3v) is 2.67. The molecule has 6 nitrogen and oxygen atoms in total. The van der Waals surface area contributed by atoms with Gasteiger partial charge in [-0.2, -0.15) is 0 Å². The van der Waals surface area contributed by atoms with Crippen LogP contribution in [-0.4, -0.2) is 36.9 Å². The number of hydrogen-bond donors (Lipinski definition) is 3. The molecule has 98 valence electrons. The van der Waals surface area contributed by atoms with E-state index in [2.05, 4.69) is 5.32 Å². The van der Waals surface area contributed by atoms with Crippen LogP contribution in [0.1, 0.15) is 17.3 Å². The van der Waals surface area contributed by atoms with Crippen LogP contribution < -0.4 is 16.8 Å². The van der Waals surface area contributed by atoms with Gasteiger partial charge in [-0.15, -0.1) is 0 Å². The first-order valence-electron chi connectivity index (χ1n) is 5.62. The minimum absolute atomic E-state index is 0.0543. The molecule has 0 radical (unpaired) electrons. The summed E-state index contributed by atoms with van der Waals surface area (Å²) in [7, 11) is 1.72. The molecule has 0 atom stereocenters. The fraction of sp³-hybridized carbons (Fsp3) is 0.333. The van der Waals surface area contributed by atoms with Crippen molar-refractivity contribution in [1.29, 1.82) is 0 Å². The first-order chi connectivity index (χ1) is 8.45. The highest BCUT2D eigenvalue weighted by atomic mass is 16.2. The molecule has 2 amide bonds. The van der Waals surface area contributed by atoms with E-state index in [0.717, 1.165) is 0 Å². The average Bonchev–Trinajstić information content (AvgIpc) is 2.36. The highest BCUT2D eigenvalue weighted by molar-refractivity contribution is 5.95. The van der Waals surface area contributed by atoms with Crippen molar-refractivity contribution in [1.82, 2.24) is 4.90 Å². The third kappa shape index (κ3) is 3.38. The Kier molecular flexibility index (Phi) is 4.53. The van der Waals surface area contributed by atoms with Gasteiger partial charge in [0.15, 0.2) is 0 Å². The number of amides is 2. The Bertz CT molecular complexity index is 459. The predicted octanol–water partition coefficient (Wildman–Crippen LogP) is 0.258. The number of primary amides is 1. The quantitative estimate of drug-likeness (QED) is 0.652. The van der Waals surface area contributed by atoms with E-state index >= 15 is 0 Å². The SMILES string of the molecule is CCN(C)C(=O)CNc1cc(C(N)=O)ccc1N. The third-order valence-electron chi connectivity index (χ3n) is 2.67. The fourth-order valence-corrected chi connectivity index (χ4v) is 1.34. The van der Waals surface area contributed by atoms with Crippen LogP contribution in [0.2, 0.25) is 0 Å². The Morgan fingerprint density at radius 3 is 2.61 bits per heavy atom. The molecule has 0 bridgehead atoms. The molecule has 0 aliphatic rings. The Labute approximate surface area is 106 Å². The molecule has 5 N–H and O–H groups in total. The number of hydrogen-bond acceptors (Lipinski definition) is 4. The van der Waals surface area contributed by atoms with Crippen LogP contribution in [0.4, 0.5) is 11.4 Å². The first-order valence-corrected chi connectivity index (χ1v) is 5.62. The van der Waals surface area contributed by atoms with Crippen molar-refractivity contribution in [3.63, 3.8) is 0 Å². The van der Waals surface area contributed by atoms with E-state index in [1.54, 1.807) is 24.1 Å². The van der Waals surface area contributed by atoms with Gasteiger partial charge in [0.05, 0.1) is 17.9 Å². The van der Waals surface area contributed by atoms with Crippen molar-refractivity contribution in [3.05, 3.63) is 23.8 Å². The molecule has 0 aliphatic carbocycles. The van der Waals surface area contributed by atoms with Crippen LogP contribution in [0.3, 0.4) is 0 Å². The topological polar surface area (TPSA) is 101 Å². The number of carbonyl (C=O) groups is 2. The van der Waals surface area contributed by atoms with Gasteiger partial charge < -0.3 is 21.7 Å². The number of nitrogen functional groups attached to an aromatic ring is 1. The van der Waals surface area contributed by atoms with Crippen LogP contribution in [0.25, 0.3) is 0 Å². The van der Waals surface area contributed by atoms with Gasteiger partial charge in [-0.25, -0.2) is 0 Å². The van der Waals surface area contributed by atoms with E-state index in [-0.39, 0.29) is 12.5 Å². The van der Waals surface area contributed by atoms with Crippen LogP contribution >= 0.6 is 0 Å². The highest BCUT2D eigenvalue weighted by Crippen LogP contribution is 2.19. The van der Waals surface area contributed by atoms with E-state index in [0.29, 0.717) is 23.5 Å². The lowest BCUT2D eigenvalue weighted by Crippen LogP contribution is -2.32. The van der Waals surface area contributed by atoms with Crippen molar-refractivity contribution in [2.45, 2.75) is 6.92 Å². The van der Waals surface area contributed by atoms with Crippen LogP contribution in [0, 0.1) is 0 Å². The molecular weight excluding hydrogens is 232 g/mol. The zero-order valence-electron chi connectivity index (χ0n) is 10.6. The molecule has 0 unspecified atom stereocenters. The smallest absolute Gasteiger partial charge is 0.248 e. The Morgan fingerprint density at radius 2 is 2.06 bits per heavy atom. The summed E-state index contributed by atoms with van der Waals surface area (Å²) in [6.07, 6.45) is 0. The van der Waals surface area contributed by atoms with Gasteiger partial charge in [0, 0.05) is 19.2 Å². The van der Waals surface area contributed by atoms with Crippen molar-refractivity contribution < 1.29 is 9.59 Å². The lowest BCUT2D eigenvalue weighted by atomic mass is 10.1. The maximum Gasteiger partial charge on any atom is 0.248 e. The zero-order chi connectivity index (χ0) is 13.7. The summed E-state index contributed by atoms with van der Waals surface area (Å²) in [5, 5.41) is 2.90. The number of rotatable bonds is 5. The summed E-state index contributed by atoms with van der Waals surface area (Å²) in [4.78, 5) is 24.2. The van der Waals surface area contributed by atoms with Crippen LogP contribution in [-0.2, 0) is 4.79 Å². The monoisotopic (exact) mass is 250 g/mol. The minimum Gasteiger partial charge on any atom is -0.397 e. The van der Waals surface area contributed by atoms with Crippen molar-refractivity contribution in [2.75, 3.05) is 31.2 Å². The fourth-order valence-electron chi connectivity index (χ4n) is 1.34. The Hall–Kier alpha value is -2.24. The lowest BCUT2D eigenvalue weighted by molar-refractivity contribution is -0.127. The number of nitrogens with zero attached hydrogens (tertiary/aromatic N) is 1. The van der Waals surface area contributed by atoms with Gasteiger partial charge in [0.1, 0.15) is 0 Å². The van der Waals surface area contributed by atoms with Gasteiger partial charge >= 0.3 is 0 Å². The summed E-state index contributed by atoms with van der Waals surface area (Å²) in [5.41, 5.74) is 12.3. The van der Waals surface area contributed by atoms with E-state index in [1.165, 1.54) is 6.07 Å². The molecule has 6 heteroatoms. The number of benzene rings is 1. The second-order valence-electron chi connectivity index (χ2n) is 3.93. The van der Waals surface area contributed by atoms with E-state index < -0.39 is 5.91 Å². The van der Waals surface area contributed by atoms with Gasteiger partial charge in [-0.1, -0.05) is 0 Å². The molecule has 1 rings (SSSR count). The summed E-state index contributed by atoms with van der Waals surface area (Å²) in [6, 6.07) is 4.66. The number of likely N-dealkylation sites (N-methyl/N-ethyl adjacent to an activating group) is 1. The van der Waals surface area contributed by atoms with Gasteiger partial charge in [0.2, 0.25) is 11.8 Å². The molecule has 1 aromatic rings. The van der Waals surface area contributed by atoms with Gasteiger partial charge in [0.25, 0.3) is 0 Å². The summed E-state index contributed by atoms with van der Waals surface area (Å²) in [6.45, 7) is 2.65. The number of carbonyl (C=O) groups excluding carboxylic acids is 2. The van der Waals surface area contributed by atoms with E-state index in [1.807, 2.05) is 6.92 Å². The van der Waals surface area contributed by atoms with Crippen LogP contribution in [0.15, 0.2) is 18.2 Å². The number of nitrogens with two attached hydrogens (primary N) is 2. The molecule has 0 spiro atoms. The second-order valence-corrected chi connectivity index (χ2v) is 3.93. The first kappa shape index (κ1) is 13.8. The molecule has 18 heavy (non-hydrogen) atoms. The van der Waals surface area contributed by atoms with E-state index in [9.17, 15) is 9.59 Å². The Morgan fingerprint density at radius 1 is 1.39 bits per heavy atom. The van der Waals surface area contributed by atoms with Crippen molar-refractivity contribution in [3.8, 4) is 0 Å². The molecule has 0 saturated heterocycles. The van der Waals surface area contributed by atoms with Gasteiger partial charge in [-0.3, -0.25) is 9.59 Å². The van der Waals surface area contributed by atoms with Crippen LogP contribution in [0.5, 0.6) is 0 Å². The normalized spacial score (nSPS) is 9.89. The summed E-state index contributed by atoms with van der Waals surface area (Å²) >= 11 is 0. The molecule has 0 saturated carbocycles. The highest BCUT2D eigenvalue weighted by Gasteiger charge is 2.09. The number of nitrogens with one attached hydrogen (secondary N) is 1. The summed E-state index contributed by atoms with van der Waals surface area (Å²) < 4.78 is 0. The summed E-state index contributed by atoms with van der Waals surface area (Å²) in [5.74, 6) is -0.587. The van der Waals surface area contributed by atoms with Gasteiger partial charge in [-0.05, 0) is 25.1 Å². The molecule has 0 fully saturated rings. The average molecular weight is 250 g/mol. The largest absolute Gasteiger partial charge is 0.397 e. The molecular formula is C12H18N4O2. The maximum atomic E-state index is 11.6. The standard InChI is InChI=1S/C12H18N4O2/c1-3-16(2)11(17)7-15-10-6-8(12(14)18)4-5-9(10)13/h4-6,15H,3,7,13H2,1-2H3,(H2,14,18). The molecule has 0 aliphatic heterocycles. The number of anilines is 2. The molecule has 1 aromatic carbocycles. The Balaban J connectivity index is 2.75.